The lowest BCUT2D eigenvalue weighted by Crippen LogP contribution is -2.42. The van der Waals surface area contributed by atoms with Gasteiger partial charge in [-0.2, -0.15) is 0 Å². The molecule has 0 heterocycles. The first kappa shape index (κ1) is 13.7. The molecule has 2 rings (SSSR count). The molecule has 1 aromatic carbocycles. The van der Waals surface area contributed by atoms with E-state index in [1.165, 1.54) is 12.8 Å². The molecule has 0 spiro atoms. The number of rotatable bonds is 5. The van der Waals surface area contributed by atoms with Gasteiger partial charge in [-0.3, -0.25) is 4.79 Å². The lowest BCUT2D eigenvalue weighted by molar-refractivity contribution is -0.122. The monoisotopic (exact) mass is 262 g/mol. The van der Waals surface area contributed by atoms with Crippen molar-refractivity contribution in [3.8, 4) is 5.75 Å². The summed E-state index contributed by atoms with van der Waals surface area (Å²) in [6.07, 6.45) is 4.68. The number of hydrogen-bond acceptors (Lipinski definition) is 3. The van der Waals surface area contributed by atoms with Crippen molar-refractivity contribution < 1.29 is 9.53 Å². The Balaban J connectivity index is 1.84. The molecule has 4 nitrogen and oxygen atoms in total. The van der Waals surface area contributed by atoms with Crippen molar-refractivity contribution in [1.29, 1.82) is 0 Å². The quantitative estimate of drug-likeness (QED) is 0.857. The van der Waals surface area contributed by atoms with Crippen molar-refractivity contribution in [2.75, 3.05) is 12.4 Å². The Morgan fingerprint density at radius 1 is 1.26 bits per heavy atom. The molecule has 1 saturated carbocycles. The zero-order chi connectivity index (χ0) is 13.7. The van der Waals surface area contributed by atoms with Crippen molar-refractivity contribution in [2.24, 2.45) is 0 Å². The lowest BCUT2D eigenvalue weighted by atomic mass is 10.2. The van der Waals surface area contributed by atoms with Gasteiger partial charge in [0.1, 0.15) is 11.8 Å². The minimum atomic E-state index is -0.228. The third-order valence-corrected chi connectivity index (χ3v) is 3.57. The maximum absolute atomic E-state index is 12.0. The van der Waals surface area contributed by atoms with Gasteiger partial charge in [0.25, 0.3) is 0 Å². The Labute approximate surface area is 114 Å². The molecule has 1 atom stereocenters. The molecule has 104 valence electrons. The van der Waals surface area contributed by atoms with Gasteiger partial charge in [0, 0.05) is 11.7 Å². The van der Waals surface area contributed by atoms with Crippen molar-refractivity contribution in [3.05, 3.63) is 24.3 Å². The molecule has 4 heteroatoms. The molecule has 1 aliphatic rings. The van der Waals surface area contributed by atoms with Crippen LogP contribution in [0.2, 0.25) is 0 Å². The van der Waals surface area contributed by atoms with Gasteiger partial charge in [0.05, 0.1) is 7.11 Å². The van der Waals surface area contributed by atoms with E-state index in [0.29, 0.717) is 6.04 Å². The summed E-state index contributed by atoms with van der Waals surface area (Å²) in [6.45, 7) is 1.88. The van der Waals surface area contributed by atoms with Crippen LogP contribution in [0.3, 0.4) is 0 Å². The summed E-state index contributed by atoms with van der Waals surface area (Å²) in [5.41, 5.74) is 0.926. The van der Waals surface area contributed by atoms with Crippen LogP contribution in [0.4, 0.5) is 5.69 Å². The Hall–Kier alpha value is -1.71. The third-order valence-electron chi connectivity index (χ3n) is 3.57. The fourth-order valence-electron chi connectivity index (χ4n) is 2.40. The molecule has 0 aromatic heterocycles. The van der Waals surface area contributed by atoms with Crippen LogP contribution >= 0.6 is 0 Å². The highest BCUT2D eigenvalue weighted by Gasteiger charge is 2.20. The number of ether oxygens (including phenoxy) is 1. The average Bonchev–Trinajstić information content (AvgIpc) is 2.92. The fraction of sp³-hybridized carbons (Fsp3) is 0.533. The van der Waals surface area contributed by atoms with E-state index in [1.807, 2.05) is 31.2 Å². The Bertz CT molecular complexity index is 411. The number of hydrogen-bond donors (Lipinski definition) is 2. The second kappa shape index (κ2) is 6.45. The number of nitrogens with one attached hydrogen (secondary N) is 2. The highest BCUT2D eigenvalue weighted by molar-refractivity contribution is 5.84. The van der Waals surface area contributed by atoms with Gasteiger partial charge in [-0.25, -0.2) is 0 Å². The van der Waals surface area contributed by atoms with Crippen LogP contribution in [0.5, 0.6) is 5.75 Å². The predicted octanol–water partition coefficient (Wildman–Crippen LogP) is 2.55. The molecule has 1 fully saturated rings. The number of amides is 1. The van der Waals surface area contributed by atoms with Gasteiger partial charge in [-0.05, 0) is 44.0 Å². The van der Waals surface area contributed by atoms with Crippen molar-refractivity contribution in [3.63, 3.8) is 0 Å². The molecule has 0 bridgehead atoms. The van der Waals surface area contributed by atoms with E-state index in [1.54, 1.807) is 7.11 Å². The fourth-order valence-corrected chi connectivity index (χ4v) is 2.40. The van der Waals surface area contributed by atoms with Crippen LogP contribution in [-0.2, 0) is 4.79 Å². The first-order valence-electron chi connectivity index (χ1n) is 6.90. The molecular weight excluding hydrogens is 240 g/mol. The van der Waals surface area contributed by atoms with Gasteiger partial charge in [0.15, 0.2) is 0 Å². The van der Waals surface area contributed by atoms with Crippen LogP contribution in [0.1, 0.15) is 32.6 Å². The van der Waals surface area contributed by atoms with E-state index in [4.69, 9.17) is 4.74 Å². The molecule has 0 radical (unpaired) electrons. The highest BCUT2D eigenvalue weighted by atomic mass is 16.5. The lowest BCUT2D eigenvalue weighted by Gasteiger charge is -2.18. The van der Waals surface area contributed by atoms with Crippen LogP contribution < -0.4 is 15.4 Å². The molecule has 1 unspecified atom stereocenters. The summed E-state index contributed by atoms with van der Waals surface area (Å²) in [6, 6.07) is 7.73. The van der Waals surface area contributed by atoms with Gasteiger partial charge < -0.3 is 15.4 Å². The average molecular weight is 262 g/mol. The number of carbonyl (C=O) groups excluding carboxylic acids is 1. The summed E-state index contributed by atoms with van der Waals surface area (Å²) >= 11 is 0. The molecular formula is C15H22N2O2. The Kier molecular flexibility index (Phi) is 4.66. The van der Waals surface area contributed by atoms with Crippen LogP contribution in [0.15, 0.2) is 24.3 Å². The third kappa shape index (κ3) is 3.88. The summed E-state index contributed by atoms with van der Waals surface area (Å²) in [5.74, 6) is 0.885. The van der Waals surface area contributed by atoms with Crippen LogP contribution in [0.25, 0.3) is 0 Å². The van der Waals surface area contributed by atoms with Gasteiger partial charge in [-0.15, -0.1) is 0 Å². The summed E-state index contributed by atoms with van der Waals surface area (Å²) in [4.78, 5) is 12.0. The first-order chi connectivity index (χ1) is 9.19. The molecule has 0 saturated heterocycles. The van der Waals surface area contributed by atoms with E-state index < -0.39 is 0 Å². The topological polar surface area (TPSA) is 50.4 Å². The van der Waals surface area contributed by atoms with Gasteiger partial charge in [-0.1, -0.05) is 12.8 Å². The molecule has 0 aliphatic heterocycles. The largest absolute Gasteiger partial charge is 0.497 e. The van der Waals surface area contributed by atoms with E-state index in [0.717, 1.165) is 24.3 Å². The maximum atomic E-state index is 12.0. The summed E-state index contributed by atoms with van der Waals surface area (Å²) < 4.78 is 5.10. The van der Waals surface area contributed by atoms with E-state index in [-0.39, 0.29) is 11.9 Å². The summed E-state index contributed by atoms with van der Waals surface area (Å²) in [7, 11) is 1.64. The van der Waals surface area contributed by atoms with Crippen LogP contribution in [0, 0.1) is 0 Å². The van der Waals surface area contributed by atoms with Crippen molar-refractivity contribution in [2.45, 2.75) is 44.7 Å². The molecule has 1 amide bonds. The first-order valence-corrected chi connectivity index (χ1v) is 6.90. The van der Waals surface area contributed by atoms with E-state index >= 15 is 0 Å². The molecule has 1 aromatic rings. The van der Waals surface area contributed by atoms with Crippen molar-refractivity contribution >= 4 is 11.6 Å². The Morgan fingerprint density at radius 3 is 2.47 bits per heavy atom. The zero-order valence-electron chi connectivity index (χ0n) is 11.6. The standard InChI is InChI=1S/C15H22N2O2/c1-11(15(18)17-12-5-3-4-6-12)16-13-7-9-14(19-2)10-8-13/h7-12,16H,3-6H2,1-2H3,(H,17,18). The Morgan fingerprint density at radius 2 is 1.89 bits per heavy atom. The number of carbonyl (C=O) groups is 1. The SMILES string of the molecule is COc1ccc(NC(C)C(=O)NC2CCCC2)cc1. The van der Waals surface area contributed by atoms with Crippen molar-refractivity contribution in [1.82, 2.24) is 5.32 Å². The maximum Gasteiger partial charge on any atom is 0.242 e. The summed E-state index contributed by atoms with van der Waals surface area (Å²) in [5, 5.41) is 6.29. The second-order valence-electron chi connectivity index (χ2n) is 5.08. The second-order valence-corrected chi connectivity index (χ2v) is 5.08. The molecule has 2 N–H and O–H groups in total. The van der Waals surface area contributed by atoms with Crippen LogP contribution in [-0.4, -0.2) is 25.1 Å². The van der Waals surface area contributed by atoms with E-state index in [2.05, 4.69) is 10.6 Å². The normalized spacial score (nSPS) is 16.9. The van der Waals surface area contributed by atoms with Gasteiger partial charge >= 0.3 is 0 Å². The highest BCUT2D eigenvalue weighted by Crippen LogP contribution is 2.18. The minimum Gasteiger partial charge on any atom is -0.497 e. The predicted molar refractivity (Wildman–Crippen MR) is 76.5 cm³/mol. The van der Waals surface area contributed by atoms with Gasteiger partial charge in [0.2, 0.25) is 5.91 Å². The molecule has 1 aliphatic carbocycles. The minimum absolute atomic E-state index is 0.0720. The number of methoxy groups -OCH3 is 1. The number of benzene rings is 1. The smallest absolute Gasteiger partial charge is 0.242 e. The zero-order valence-corrected chi connectivity index (χ0v) is 11.6. The number of anilines is 1. The molecule has 19 heavy (non-hydrogen) atoms. The van der Waals surface area contributed by atoms with E-state index in [9.17, 15) is 4.79 Å².